The normalized spacial score (nSPS) is 15.0. The molecule has 0 spiro atoms. The van der Waals surface area contributed by atoms with E-state index in [1.165, 1.54) is 11.3 Å². The smallest absolute Gasteiger partial charge is 0.338 e. The number of halogens is 1. The zero-order valence-electron chi connectivity index (χ0n) is 23.4. The van der Waals surface area contributed by atoms with Gasteiger partial charge < -0.3 is 14.2 Å². The second kappa shape index (κ2) is 12.3. The van der Waals surface area contributed by atoms with Crippen LogP contribution in [0.5, 0.6) is 11.5 Å². The highest BCUT2D eigenvalue weighted by Crippen LogP contribution is 2.38. The van der Waals surface area contributed by atoms with E-state index in [-0.39, 0.29) is 12.2 Å². The van der Waals surface area contributed by atoms with Crippen LogP contribution in [-0.2, 0) is 9.53 Å². The largest absolute Gasteiger partial charge is 0.496 e. The molecule has 1 aliphatic heterocycles. The molecule has 2 heterocycles. The zero-order valence-corrected chi connectivity index (χ0v) is 25.0. The van der Waals surface area contributed by atoms with E-state index in [9.17, 15) is 9.59 Å². The molecule has 212 valence electrons. The summed E-state index contributed by atoms with van der Waals surface area (Å²) in [5, 5.41) is 2.39. The highest BCUT2D eigenvalue weighted by molar-refractivity contribution is 7.07. The molecule has 3 aromatic carbocycles. The van der Waals surface area contributed by atoms with Gasteiger partial charge in [-0.1, -0.05) is 66.6 Å². The average molecular weight is 591 g/mol. The molecular weight excluding hydrogens is 560 g/mol. The Morgan fingerprint density at radius 2 is 1.80 bits per heavy atom. The van der Waals surface area contributed by atoms with Gasteiger partial charge in [0.15, 0.2) is 4.80 Å². The fraction of sp³-hybridized carbons (Fsp3) is 0.281. The molecule has 5 rings (SSSR count). The lowest BCUT2D eigenvalue weighted by molar-refractivity contribution is -0.139. The Morgan fingerprint density at radius 3 is 2.51 bits per heavy atom. The molecule has 0 saturated carbocycles. The number of thiazole rings is 1. The van der Waals surface area contributed by atoms with Gasteiger partial charge in [-0.25, -0.2) is 9.79 Å². The summed E-state index contributed by atoms with van der Waals surface area (Å²) in [6.07, 6.45) is 3.18. The van der Waals surface area contributed by atoms with Crippen molar-refractivity contribution < 1.29 is 19.0 Å². The number of carbonyl (C=O) groups is 1. The number of nitrogens with zero attached hydrogens (tertiary/aromatic N) is 2. The van der Waals surface area contributed by atoms with Gasteiger partial charge in [-0.15, -0.1) is 0 Å². The molecule has 1 aromatic heterocycles. The number of benzene rings is 3. The van der Waals surface area contributed by atoms with Gasteiger partial charge in [-0.3, -0.25) is 9.36 Å². The van der Waals surface area contributed by atoms with Gasteiger partial charge in [0.25, 0.3) is 5.56 Å². The van der Waals surface area contributed by atoms with Gasteiger partial charge in [0.05, 0.1) is 36.1 Å². The lowest BCUT2D eigenvalue weighted by Crippen LogP contribution is -2.40. The molecule has 7 nitrogen and oxygen atoms in total. The molecule has 0 saturated heterocycles. The van der Waals surface area contributed by atoms with Crippen molar-refractivity contribution >= 4 is 45.8 Å². The molecule has 0 aliphatic carbocycles. The lowest BCUT2D eigenvalue weighted by Gasteiger charge is -2.27. The van der Waals surface area contributed by atoms with Crippen LogP contribution in [0, 0.1) is 0 Å². The number of ether oxygens (including phenoxy) is 3. The molecule has 41 heavy (non-hydrogen) atoms. The topological polar surface area (TPSA) is 79.1 Å². The van der Waals surface area contributed by atoms with Crippen molar-refractivity contribution in [1.82, 2.24) is 4.57 Å². The fourth-order valence-electron chi connectivity index (χ4n) is 5.18. The van der Waals surface area contributed by atoms with Crippen LogP contribution in [0.2, 0.25) is 5.02 Å². The number of esters is 1. The summed E-state index contributed by atoms with van der Waals surface area (Å²) < 4.78 is 19.1. The minimum atomic E-state index is -0.820. The number of hydrogen-bond acceptors (Lipinski definition) is 7. The maximum atomic E-state index is 14.2. The molecule has 4 aromatic rings. The van der Waals surface area contributed by atoms with Crippen molar-refractivity contribution in [1.29, 1.82) is 0 Å². The van der Waals surface area contributed by atoms with Crippen LogP contribution >= 0.6 is 22.9 Å². The summed E-state index contributed by atoms with van der Waals surface area (Å²) in [5.41, 5.74) is 2.11. The molecule has 0 bridgehead atoms. The molecular formula is C32H31ClN2O5S. The van der Waals surface area contributed by atoms with E-state index in [0.29, 0.717) is 50.0 Å². The Morgan fingerprint density at radius 1 is 1.05 bits per heavy atom. The Balaban J connectivity index is 1.80. The van der Waals surface area contributed by atoms with E-state index in [2.05, 4.69) is 0 Å². The van der Waals surface area contributed by atoms with E-state index < -0.39 is 12.0 Å². The standard InChI is InChI=1S/C32H31ClN2O5S/c1-5-10-24-28(31(37)40-7-3)29(23-18-20(33)14-16-25(23)38-4)35-30(36)27(41-32(35)34-24)17-19-13-15-26(39-6-2)22-12-9-8-11-21(19)22/h8-9,11-18,29H,5-7,10H2,1-4H3/b27-17+/t29-/m0/s1. The molecule has 9 heteroatoms. The second-order valence-corrected chi connectivity index (χ2v) is 10.9. The molecule has 0 N–H and O–H groups in total. The van der Waals surface area contributed by atoms with E-state index in [4.69, 9.17) is 30.8 Å². The summed E-state index contributed by atoms with van der Waals surface area (Å²) in [6, 6.07) is 16.2. The van der Waals surface area contributed by atoms with Crippen molar-refractivity contribution in [2.45, 2.75) is 39.7 Å². The SMILES string of the molecule is CCCC1=C(C(=O)OCC)[C@H](c2cc(Cl)ccc2OC)n2c(s/c(=C/c3ccc(OCC)c4ccccc34)c2=O)=N1. The molecule has 0 amide bonds. The predicted octanol–water partition coefficient (Wildman–Crippen LogP) is 5.79. The first kappa shape index (κ1) is 28.6. The maximum absolute atomic E-state index is 14.2. The minimum absolute atomic E-state index is 0.191. The maximum Gasteiger partial charge on any atom is 0.338 e. The van der Waals surface area contributed by atoms with Crippen LogP contribution < -0.4 is 24.4 Å². The number of methoxy groups -OCH3 is 1. The van der Waals surface area contributed by atoms with Gasteiger partial charge in [0.1, 0.15) is 17.5 Å². The molecule has 0 fully saturated rings. The molecule has 0 radical (unpaired) electrons. The van der Waals surface area contributed by atoms with Gasteiger partial charge in [0.2, 0.25) is 0 Å². The Hall–Kier alpha value is -3.88. The van der Waals surface area contributed by atoms with E-state index in [1.54, 1.807) is 36.8 Å². The average Bonchev–Trinajstić information content (AvgIpc) is 3.28. The predicted molar refractivity (Wildman–Crippen MR) is 163 cm³/mol. The summed E-state index contributed by atoms with van der Waals surface area (Å²) >= 11 is 7.73. The van der Waals surface area contributed by atoms with Crippen LogP contribution in [0.4, 0.5) is 0 Å². The van der Waals surface area contributed by atoms with E-state index in [1.807, 2.05) is 56.3 Å². The number of aromatic nitrogens is 1. The van der Waals surface area contributed by atoms with E-state index in [0.717, 1.165) is 28.5 Å². The van der Waals surface area contributed by atoms with Crippen molar-refractivity contribution in [2.24, 2.45) is 4.99 Å². The van der Waals surface area contributed by atoms with Crippen molar-refractivity contribution in [3.63, 3.8) is 0 Å². The van der Waals surface area contributed by atoms with Crippen LogP contribution in [-0.4, -0.2) is 30.9 Å². The molecule has 1 aliphatic rings. The first-order chi connectivity index (χ1) is 19.9. The van der Waals surface area contributed by atoms with Gasteiger partial charge in [-0.05, 0) is 61.6 Å². The van der Waals surface area contributed by atoms with Crippen molar-refractivity contribution in [3.05, 3.63) is 102 Å². The third-order valence-corrected chi connectivity index (χ3v) is 8.10. The van der Waals surface area contributed by atoms with E-state index >= 15 is 0 Å². The van der Waals surface area contributed by atoms with Crippen LogP contribution in [0.3, 0.4) is 0 Å². The number of allylic oxidation sites excluding steroid dienone is 1. The second-order valence-electron chi connectivity index (χ2n) is 9.43. The Labute approximate surface area is 247 Å². The number of hydrogen-bond donors (Lipinski definition) is 0. The van der Waals surface area contributed by atoms with Crippen molar-refractivity contribution in [3.8, 4) is 11.5 Å². The van der Waals surface area contributed by atoms with Crippen LogP contribution in [0.1, 0.15) is 50.8 Å². The highest BCUT2D eigenvalue weighted by atomic mass is 35.5. The summed E-state index contributed by atoms with van der Waals surface area (Å²) in [6.45, 7) is 6.47. The fourth-order valence-corrected chi connectivity index (χ4v) is 6.37. The lowest BCUT2D eigenvalue weighted by atomic mass is 9.93. The third kappa shape index (κ3) is 5.42. The van der Waals surface area contributed by atoms with Gasteiger partial charge in [-0.2, -0.15) is 0 Å². The summed E-state index contributed by atoms with van der Waals surface area (Å²) in [7, 11) is 1.55. The van der Waals surface area contributed by atoms with Gasteiger partial charge in [0, 0.05) is 16.0 Å². The highest BCUT2D eigenvalue weighted by Gasteiger charge is 2.36. The quantitative estimate of drug-likeness (QED) is 0.231. The van der Waals surface area contributed by atoms with Crippen molar-refractivity contribution in [2.75, 3.05) is 20.3 Å². The van der Waals surface area contributed by atoms with Crippen LogP contribution in [0.25, 0.3) is 16.8 Å². The molecule has 1 atom stereocenters. The Kier molecular flexibility index (Phi) is 8.61. The summed E-state index contributed by atoms with van der Waals surface area (Å²) in [4.78, 5) is 33.0. The number of rotatable bonds is 9. The van der Waals surface area contributed by atoms with Crippen LogP contribution in [0.15, 0.2) is 75.7 Å². The monoisotopic (exact) mass is 590 g/mol. The minimum Gasteiger partial charge on any atom is -0.496 e. The first-order valence-corrected chi connectivity index (χ1v) is 14.8. The number of carbonyl (C=O) groups excluding carboxylic acids is 1. The Bertz CT molecular complexity index is 1840. The summed E-state index contributed by atoms with van der Waals surface area (Å²) in [5.74, 6) is 0.780. The zero-order chi connectivity index (χ0) is 29.1. The third-order valence-electron chi connectivity index (χ3n) is 6.88. The number of fused-ring (bicyclic) bond motifs is 2. The molecule has 0 unspecified atom stereocenters. The van der Waals surface area contributed by atoms with Gasteiger partial charge >= 0.3 is 5.97 Å². The first-order valence-electron chi connectivity index (χ1n) is 13.6.